The van der Waals surface area contributed by atoms with Crippen molar-refractivity contribution in [1.29, 1.82) is 0 Å². The molecule has 0 fully saturated rings. The van der Waals surface area contributed by atoms with Gasteiger partial charge in [0.1, 0.15) is 0 Å². The minimum atomic E-state index is -0.230. The van der Waals surface area contributed by atoms with E-state index in [-0.39, 0.29) is 18.1 Å². The molecule has 0 bridgehead atoms. The zero-order chi connectivity index (χ0) is 8.72. The van der Waals surface area contributed by atoms with Crippen molar-refractivity contribution < 1.29 is 9.59 Å². The first kappa shape index (κ1) is 7.94. The lowest BCUT2D eigenvalue weighted by Gasteiger charge is -2.11. The maximum Gasteiger partial charge on any atom is 0.232 e. The first-order valence-electron chi connectivity index (χ1n) is 3.28. The van der Waals surface area contributed by atoms with Crippen LogP contribution in [0.2, 0.25) is 0 Å². The van der Waals surface area contributed by atoms with Crippen LogP contribution in [0.5, 0.6) is 0 Å². The molecule has 2 heterocycles. The molecule has 0 aromatic carbocycles. The maximum absolute atomic E-state index is 11.2. The number of carbonyl (C=O) groups excluding carboxylic acids is 2. The third kappa shape index (κ3) is 1.09. The predicted molar refractivity (Wildman–Crippen MR) is 49.6 cm³/mol. The number of Topliss-reactive ketones (excluding diaryl/α,β-unsaturated/α-hetero) is 1. The lowest BCUT2D eigenvalue weighted by Crippen LogP contribution is -2.22. The van der Waals surface area contributed by atoms with E-state index >= 15 is 0 Å². The summed E-state index contributed by atoms with van der Waals surface area (Å²) in [5.74, 6) is -0.323. The van der Waals surface area contributed by atoms with E-state index in [2.05, 4.69) is 21.2 Å². The van der Waals surface area contributed by atoms with E-state index in [1.54, 1.807) is 5.38 Å². The van der Waals surface area contributed by atoms with Gasteiger partial charge in [-0.15, -0.1) is 11.3 Å². The fourth-order valence-corrected chi connectivity index (χ4v) is 2.60. The van der Waals surface area contributed by atoms with E-state index in [9.17, 15) is 9.59 Å². The quantitative estimate of drug-likeness (QED) is 0.712. The van der Waals surface area contributed by atoms with E-state index in [0.717, 1.165) is 4.47 Å². The monoisotopic (exact) mass is 245 g/mol. The standard InChI is InChI=1S/C7H4BrNO2S/c8-3-2-12-7-4(10)1-5(11)9-6(3)7/h2H,1H2,(H,9,11). The molecule has 2 rings (SSSR count). The van der Waals surface area contributed by atoms with E-state index in [1.165, 1.54) is 11.3 Å². The van der Waals surface area contributed by atoms with Crippen LogP contribution in [0, 0.1) is 0 Å². The van der Waals surface area contributed by atoms with E-state index in [0.29, 0.717) is 10.6 Å². The van der Waals surface area contributed by atoms with E-state index in [4.69, 9.17) is 0 Å². The highest BCUT2D eigenvalue weighted by Gasteiger charge is 2.25. The summed E-state index contributed by atoms with van der Waals surface area (Å²) in [5.41, 5.74) is 0.626. The number of fused-ring (bicyclic) bond motifs is 1. The normalized spacial score (nSPS) is 15.8. The van der Waals surface area contributed by atoms with Crippen molar-refractivity contribution >= 4 is 44.6 Å². The smallest absolute Gasteiger partial charge is 0.232 e. The van der Waals surface area contributed by atoms with Crippen LogP contribution >= 0.6 is 27.3 Å². The number of hydrogen-bond acceptors (Lipinski definition) is 3. The average Bonchev–Trinajstić information content (AvgIpc) is 2.33. The Kier molecular flexibility index (Phi) is 1.77. The molecule has 62 valence electrons. The van der Waals surface area contributed by atoms with Gasteiger partial charge in [0.25, 0.3) is 0 Å². The number of anilines is 1. The molecule has 5 heteroatoms. The number of hydrogen-bond donors (Lipinski definition) is 1. The second-order valence-corrected chi connectivity index (χ2v) is 4.17. The number of halogens is 1. The molecule has 0 spiro atoms. The van der Waals surface area contributed by atoms with Crippen LogP contribution in [0.1, 0.15) is 16.1 Å². The average molecular weight is 246 g/mol. The van der Waals surface area contributed by atoms with Gasteiger partial charge in [-0.1, -0.05) is 0 Å². The Balaban J connectivity index is 2.57. The van der Waals surface area contributed by atoms with E-state index in [1.807, 2.05) is 0 Å². The first-order chi connectivity index (χ1) is 5.68. The number of thiophene rings is 1. The second-order valence-electron chi connectivity index (χ2n) is 2.44. The molecule has 1 aliphatic rings. The van der Waals surface area contributed by atoms with Crippen LogP contribution in [0.4, 0.5) is 5.69 Å². The minimum absolute atomic E-state index is 0.0278. The zero-order valence-electron chi connectivity index (χ0n) is 5.89. The minimum Gasteiger partial charge on any atom is -0.323 e. The van der Waals surface area contributed by atoms with Crippen molar-refractivity contribution in [3.8, 4) is 0 Å². The van der Waals surface area contributed by atoms with Crippen molar-refractivity contribution in [2.75, 3.05) is 5.32 Å². The van der Waals surface area contributed by atoms with Crippen molar-refractivity contribution in [2.24, 2.45) is 0 Å². The lowest BCUT2D eigenvalue weighted by atomic mass is 10.1. The number of amides is 1. The summed E-state index contributed by atoms with van der Waals surface area (Å²) in [6, 6.07) is 0. The Morgan fingerprint density at radius 1 is 1.50 bits per heavy atom. The Labute approximate surface area is 80.9 Å². The molecule has 12 heavy (non-hydrogen) atoms. The molecule has 0 unspecified atom stereocenters. The molecule has 0 saturated carbocycles. The molecule has 0 aliphatic carbocycles. The Morgan fingerprint density at radius 3 is 3.00 bits per heavy atom. The number of rotatable bonds is 0. The van der Waals surface area contributed by atoms with Gasteiger partial charge >= 0.3 is 0 Å². The van der Waals surface area contributed by atoms with Gasteiger partial charge in [-0.2, -0.15) is 0 Å². The largest absolute Gasteiger partial charge is 0.323 e. The fraction of sp³-hybridized carbons (Fsp3) is 0.143. The summed E-state index contributed by atoms with van der Waals surface area (Å²) >= 11 is 4.60. The topological polar surface area (TPSA) is 46.2 Å². The van der Waals surface area contributed by atoms with Gasteiger partial charge in [-0.3, -0.25) is 9.59 Å². The van der Waals surface area contributed by atoms with Gasteiger partial charge in [0.15, 0.2) is 5.78 Å². The molecule has 1 N–H and O–H groups in total. The molecule has 3 nitrogen and oxygen atoms in total. The molecule has 1 amide bonds. The summed E-state index contributed by atoms with van der Waals surface area (Å²) in [7, 11) is 0. The molecule has 0 saturated heterocycles. The van der Waals surface area contributed by atoms with Crippen LogP contribution in [0.25, 0.3) is 0 Å². The third-order valence-corrected chi connectivity index (χ3v) is 3.53. The van der Waals surface area contributed by atoms with Crippen LogP contribution in [0.3, 0.4) is 0 Å². The van der Waals surface area contributed by atoms with Crippen molar-refractivity contribution in [1.82, 2.24) is 0 Å². The molecular weight excluding hydrogens is 242 g/mol. The highest BCUT2D eigenvalue weighted by molar-refractivity contribution is 9.10. The first-order valence-corrected chi connectivity index (χ1v) is 4.96. The molecule has 0 atom stereocenters. The molecule has 1 aromatic rings. The van der Waals surface area contributed by atoms with Crippen LogP contribution in [-0.2, 0) is 4.79 Å². The van der Waals surface area contributed by atoms with Gasteiger partial charge in [0.2, 0.25) is 5.91 Å². The number of carbonyl (C=O) groups is 2. The highest BCUT2D eigenvalue weighted by atomic mass is 79.9. The molecular formula is C7H4BrNO2S. The molecule has 0 radical (unpaired) electrons. The fourth-order valence-electron chi connectivity index (χ4n) is 1.07. The summed E-state index contributed by atoms with van der Waals surface area (Å²) in [6.45, 7) is 0. The van der Waals surface area contributed by atoms with Crippen LogP contribution in [-0.4, -0.2) is 11.7 Å². The zero-order valence-corrected chi connectivity index (χ0v) is 8.29. The SMILES string of the molecule is O=C1CC(=O)c2scc(Br)c2N1. The van der Waals surface area contributed by atoms with Gasteiger partial charge in [0.05, 0.1) is 21.5 Å². The van der Waals surface area contributed by atoms with Crippen molar-refractivity contribution in [3.05, 3.63) is 14.7 Å². The summed E-state index contributed by atoms with van der Waals surface area (Å²) < 4.78 is 0.781. The Hall–Kier alpha value is -0.680. The molecule has 1 aromatic heterocycles. The number of nitrogens with one attached hydrogen (secondary N) is 1. The lowest BCUT2D eigenvalue weighted by molar-refractivity contribution is -0.115. The second kappa shape index (κ2) is 2.67. The van der Waals surface area contributed by atoms with Crippen LogP contribution in [0.15, 0.2) is 9.85 Å². The van der Waals surface area contributed by atoms with Crippen LogP contribution < -0.4 is 5.32 Å². The van der Waals surface area contributed by atoms with Gasteiger partial charge < -0.3 is 5.32 Å². The van der Waals surface area contributed by atoms with Gasteiger partial charge in [0, 0.05) is 5.38 Å². The highest BCUT2D eigenvalue weighted by Crippen LogP contribution is 2.35. The molecule has 1 aliphatic heterocycles. The summed E-state index contributed by atoms with van der Waals surface area (Å²) in [4.78, 5) is 22.8. The van der Waals surface area contributed by atoms with Crippen molar-refractivity contribution in [2.45, 2.75) is 6.42 Å². The van der Waals surface area contributed by atoms with Crippen molar-refractivity contribution in [3.63, 3.8) is 0 Å². The van der Waals surface area contributed by atoms with Gasteiger partial charge in [-0.25, -0.2) is 0 Å². The summed E-state index contributed by atoms with van der Waals surface area (Å²) in [6.07, 6.45) is -0.0278. The maximum atomic E-state index is 11.2. The Bertz CT molecular complexity index is 371. The van der Waals surface area contributed by atoms with Gasteiger partial charge in [-0.05, 0) is 15.9 Å². The van der Waals surface area contributed by atoms with E-state index < -0.39 is 0 Å². The number of ketones is 1. The third-order valence-electron chi connectivity index (χ3n) is 1.58. The predicted octanol–water partition coefficient (Wildman–Crippen LogP) is 2.04. The summed E-state index contributed by atoms with van der Waals surface area (Å²) in [5, 5.41) is 4.44. The Morgan fingerprint density at radius 2 is 2.25 bits per heavy atom.